The molecule has 0 saturated carbocycles. The van der Waals surface area contributed by atoms with Crippen molar-refractivity contribution in [3.05, 3.63) is 42.0 Å². The van der Waals surface area contributed by atoms with Crippen LogP contribution in [0.2, 0.25) is 0 Å². The highest BCUT2D eigenvalue weighted by atomic mass is 16.5. The topological polar surface area (TPSA) is 83.8 Å². The molecule has 2 N–H and O–H groups in total. The molecule has 0 saturated heterocycles. The number of fused-ring (bicyclic) bond motifs is 1. The summed E-state index contributed by atoms with van der Waals surface area (Å²) in [6, 6.07) is 11.3. The third-order valence-corrected chi connectivity index (χ3v) is 3.40. The predicted molar refractivity (Wildman–Crippen MR) is 77.6 cm³/mol. The second-order valence-electron chi connectivity index (χ2n) is 4.82. The van der Waals surface area contributed by atoms with Crippen molar-refractivity contribution in [1.82, 2.24) is 0 Å². The minimum Gasteiger partial charge on any atom is -0.496 e. The predicted octanol–water partition coefficient (Wildman–Crippen LogP) is 2.57. The highest BCUT2D eigenvalue weighted by Crippen LogP contribution is 2.31. The summed E-state index contributed by atoms with van der Waals surface area (Å²) in [5.74, 6) is -2.61. The Labute approximate surface area is 121 Å². The first kappa shape index (κ1) is 14.8. The van der Waals surface area contributed by atoms with E-state index in [1.165, 1.54) is 7.11 Å². The zero-order valence-corrected chi connectivity index (χ0v) is 11.6. The fourth-order valence-electron chi connectivity index (χ4n) is 2.41. The fourth-order valence-corrected chi connectivity index (χ4v) is 2.41. The number of ether oxygens (including phenoxy) is 1. The minimum absolute atomic E-state index is 0.121. The molecule has 5 heteroatoms. The van der Waals surface area contributed by atoms with Crippen molar-refractivity contribution in [3.63, 3.8) is 0 Å². The van der Waals surface area contributed by atoms with Gasteiger partial charge < -0.3 is 14.9 Å². The molecular formula is C16H16O5. The lowest BCUT2D eigenvalue weighted by Crippen LogP contribution is -2.20. The van der Waals surface area contributed by atoms with Crippen molar-refractivity contribution < 1.29 is 24.5 Å². The van der Waals surface area contributed by atoms with E-state index < -0.39 is 24.3 Å². The molecular weight excluding hydrogens is 272 g/mol. The van der Waals surface area contributed by atoms with E-state index in [0.717, 1.165) is 10.8 Å². The van der Waals surface area contributed by atoms with Crippen LogP contribution in [0, 0.1) is 5.92 Å². The van der Waals surface area contributed by atoms with Gasteiger partial charge in [0.1, 0.15) is 5.75 Å². The van der Waals surface area contributed by atoms with E-state index >= 15 is 0 Å². The van der Waals surface area contributed by atoms with Gasteiger partial charge in [-0.1, -0.05) is 36.4 Å². The Morgan fingerprint density at radius 1 is 1.14 bits per heavy atom. The third-order valence-electron chi connectivity index (χ3n) is 3.40. The SMILES string of the molecule is COc1c(C[C@H](CC(=O)O)C(=O)O)ccc2ccccc12. The normalized spacial score (nSPS) is 12.0. The Kier molecular flexibility index (Phi) is 4.42. The van der Waals surface area contributed by atoms with Gasteiger partial charge >= 0.3 is 11.9 Å². The molecule has 0 unspecified atom stereocenters. The number of aliphatic carboxylic acids is 2. The quantitative estimate of drug-likeness (QED) is 0.853. The van der Waals surface area contributed by atoms with E-state index in [9.17, 15) is 9.59 Å². The van der Waals surface area contributed by atoms with Crippen molar-refractivity contribution in [2.45, 2.75) is 12.8 Å². The van der Waals surface area contributed by atoms with Gasteiger partial charge in [0.05, 0.1) is 19.4 Å². The standard InChI is InChI=1S/C16H16O5/c1-21-15-11(8-12(16(19)20)9-14(17)18)7-6-10-4-2-3-5-13(10)15/h2-7,12H,8-9H2,1H3,(H,17,18)(H,19,20)/t12-/m1/s1. The molecule has 0 aromatic heterocycles. The number of hydrogen-bond donors (Lipinski definition) is 2. The average molecular weight is 288 g/mol. The number of carbonyl (C=O) groups is 2. The first-order valence-electron chi connectivity index (χ1n) is 6.52. The summed E-state index contributed by atoms with van der Waals surface area (Å²) in [5.41, 5.74) is 0.699. The molecule has 0 aliphatic rings. The van der Waals surface area contributed by atoms with Crippen LogP contribution in [-0.4, -0.2) is 29.3 Å². The van der Waals surface area contributed by atoms with Gasteiger partial charge in [-0.3, -0.25) is 9.59 Å². The zero-order chi connectivity index (χ0) is 15.4. The number of methoxy groups -OCH3 is 1. The molecule has 0 amide bonds. The summed E-state index contributed by atoms with van der Waals surface area (Å²) in [6.45, 7) is 0. The van der Waals surface area contributed by atoms with Gasteiger partial charge in [0.15, 0.2) is 0 Å². The van der Waals surface area contributed by atoms with Gasteiger partial charge in [-0.05, 0) is 17.4 Å². The Hall–Kier alpha value is -2.56. The molecule has 21 heavy (non-hydrogen) atoms. The van der Waals surface area contributed by atoms with Crippen LogP contribution in [0.4, 0.5) is 0 Å². The molecule has 0 spiro atoms. The number of hydrogen-bond acceptors (Lipinski definition) is 3. The van der Waals surface area contributed by atoms with Crippen LogP contribution in [0.1, 0.15) is 12.0 Å². The van der Waals surface area contributed by atoms with Crippen LogP contribution in [0.5, 0.6) is 5.75 Å². The van der Waals surface area contributed by atoms with E-state index in [1.807, 2.05) is 30.3 Å². The van der Waals surface area contributed by atoms with Gasteiger partial charge in [-0.15, -0.1) is 0 Å². The van der Waals surface area contributed by atoms with Gasteiger partial charge in [-0.25, -0.2) is 0 Å². The van der Waals surface area contributed by atoms with Gasteiger partial charge in [0.25, 0.3) is 0 Å². The molecule has 0 aliphatic carbocycles. The van der Waals surface area contributed by atoms with Crippen LogP contribution in [0.3, 0.4) is 0 Å². The van der Waals surface area contributed by atoms with E-state index in [0.29, 0.717) is 11.3 Å². The molecule has 110 valence electrons. The maximum absolute atomic E-state index is 11.2. The Balaban J connectivity index is 2.41. The first-order valence-corrected chi connectivity index (χ1v) is 6.52. The Morgan fingerprint density at radius 3 is 2.48 bits per heavy atom. The second-order valence-corrected chi connectivity index (χ2v) is 4.82. The van der Waals surface area contributed by atoms with Crippen molar-refractivity contribution in [3.8, 4) is 5.75 Å². The summed E-state index contributed by atoms with van der Waals surface area (Å²) < 4.78 is 5.40. The summed E-state index contributed by atoms with van der Waals surface area (Å²) in [7, 11) is 1.53. The Morgan fingerprint density at radius 2 is 1.86 bits per heavy atom. The molecule has 0 bridgehead atoms. The summed E-state index contributed by atoms with van der Waals surface area (Å²) in [6.07, 6.45) is -0.291. The smallest absolute Gasteiger partial charge is 0.307 e. The van der Waals surface area contributed by atoms with E-state index in [-0.39, 0.29) is 6.42 Å². The molecule has 0 aliphatic heterocycles. The lowest BCUT2D eigenvalue weighted by atomic mass is 9.94. The molecule has 0 heterocycles. The number of carboxylic acid groups (broad SMARTS) is 2. The summed E-state index contributed by atoms with van der Waals surface area (Å²) in [4.78, 5) is 22.0. The lowest BCUT2D eigenvalue weighted by molar-refractivity contribution is -0.148. The van der Waals surface area contributed by atoms with Gasteiger partial charge in [-0.2, -0.15) is 0 Å². The van der Waals surface area contributed by atoms with Crippen LogP contribution in [0.25, 0.3) is 10.8 Å². The lowest BCUT2D eigenvalue weighted by Gasteiger charge is -2.15. The molecule has 0 fully saturated rings. The Bertz CT molecular complexity index is 677. The van der Waals surface area contributed by atoms with E-state index in [4.69, 9.17) is 14.9 Å². The van der Waals surface area contributed by atoms with E-state index in [1.54, 1.807) is 6.07 Å². The van der Waals surface area contributed by atoms with Crippen molar-refractivity contribution in [2.24, 2.45) is 5.92 Å². The summed E-state index contributed by atoms with van der Waals surface area (Å²) >= 11 is 0. The highest BCUT2D eigenvalue weighted by Gasteiger charge is 2.23. The van der Waals surface area contributed by atoms with Crippen molar-refractivity contribution in [1.29, 1.82) is 0 Å². The highest BCUT2D eigenvalue weighted by molar-refractivity contribution is 5.90. The van der Waals surface area contributed by atoms with Crippen LogP contribution in [0.15, 0.2) is 36.4 Å². The molecule has 2 aromatic carbocycles. The van der Waals surface area contributed by atoms with Crippen LogP contribution >= 0.6 is 0 Å². The third kappa shape index (κ3) is 3.31. The first-order chi connectivity index (χ1) is 10.0. The molecule has 5 nitrogen and oxygen atoms in total. The molecule has 1 atom stereocenters. The average Bonchev–Trinajstić information content (AvgIpc) is 2.45. The maximum atomic E-state index is 11.2. The van der Waals surface area contributed by atoms with Crippen molar-refractivity contribution >= 4 is 22.7 Å². The number of rotatable bonds is 6. The van der Waals surface area contributed by atoms with Crippen LogP contribution in [-0.2, 0) is 16.0 Å². The molecule has 2 rings (SSSR count). The second kappa shape index (κ2) is 6.26. The zero-order valence-electron chi connectivity index (χ0n) is 11.6. The fraction of sp³-hybridized carbons (Fsp3) is 0.250. The van der Waals surface area contributed by atoms with Gasteiger partial charge in [0.2, 0.25) is 0 Å². The van der Waals surface area contributed by atoms with E-state index in [2.05, 4.69) is 0 Å². The van der Waals surface area contributed by atoms with Crippen LogP contribution < -0.4 is 4.74 Å². The summed E-state index contributed by atoms with van der Waals surface area (Å²) in [5, 5.41) is 19.8. The minimum atomic E-state index is -1.12. The number of benzene rings is 2. The van der Waals surface area contributed by atoms with Crippen molar-refractivity contribution in [2.75, 3.05) is 7.11 Å². The molecule has 0 radical (unpaired) electrons. The van der Waals surface area contributed by atoms with Gasteiger partial charge in [0, 0.05) is 5.39 Å². The molecule has 2 aromatic rings. The number of carboxylic acids is 2. The largest absolute Gasteiger partial charge is 0.496 e. The maximum Gasteiger partial charge on any atom is 0.307 e. The monoisotopic (exact) mass is 288 g/mol.